The Labute approximate surface area is 379 Å². The molecule has 1 aliphatic heterocycles. The van der Waals surface area contributed by atoms with E-state index in [0.29, 0.717) is 5.82 Å². The minimum absolute atomic E-state index is 0.706. The van der Waals surface area contributed by atoms with Gasteiger partial charge in [0.25, 0.3) is 0 Å². The minimum atomic E-state index is -2.04. The van der Waals surface area contributed by atoms with Crippen molar-refractivity contribution >= 4 is 40.1 Å². The van der Waals surface area contributed by atoms with E-state index < -0.39 is 8.07 Å². The first-order valence-electron chi connectivity index (χ1n) is 22.2. The third-order valence-corrected chi connectivity index (χ3v) is 16.5. The Hall–Kier alpha value is -8.12. The molecule has 1 aliphatic rings. The van der Waals surface area contributed by atoms with Crippen LogP contribution in [0.25, 0.3) is 112 Å². The van der Waals surface area contributed by atoms with Crippen molar-refractivity contribution < 1.29 is 0 Å². The predicted octanol–water partition coefficient (Wildman–Crippen LogP) is 14.0. The molecule has 0 bridgehead atoms. The Morgan fingerprint density at radius 2 is 0.738 bits per heavy atom. The first kappa shape index (κ1) is 38.5. The van der Waals surface area contributed by atoms with E-state index in [4.69, 9.17) is 19.9 Å². The van der Waals surface area contributed by atoms with Crippen molar-refractivity contribution in [3.05, 3.63) is 218 Å². The number of hydrogen-bond acceptors (Lipinski definition) is 4. The van der Waals surface area contributed by atoms with Crippen LogP contribution in [0.4, 0.5) is 0 Å². The molecule has 0 atom stereocenters. The van der Waals surface area contributed by atoms with Gasteiger partial charge in [-0.15, -0.1) is 0 Å². The summed E-state index contributed by atoms with van der Waals surface area (Å²) in [4.78, 5) is 21.3. The van der Waals surface area contributed by atoms with E-state index >= 15 is 0 Å². The molecule has 0 fully saturated rings. The van der Waals surface area contributed by atoms with E-state index in [1.54, 1.807) is 0 Å². The lowest BCUT2D eigenvalue weighted by atomic mass is 9.95. The molecule has 0 radical (unpaired) electrons. The van der Waals surface area contributed by atoms with Gasteiger partial charge in [-0.25, -0.2) is 19.9 Å². The maximum atomic E-state index is 5.39. The Bertz CT molecular complexity index is 3640. The molecular weight excluding hydrogens is 805 g/mol. The fourth-order valence-electron chi connectivity index (χ4n) is 9.79. The second-order valence-electron chi connectivity index (χ2n) is 17.4. The molecule has 12 rings (SSSR count). The van der Waals surface area contributed by atoms with E-state index in [2.05, 4.69) is 225 Å². The smallest absolute Gasteiger partial charge is 0.160 e. The highest BCUT2D eigenvalue weighted by molar-refractivity contribution is 7.04. The summed E-state index contributed by atoms with van der Waals surface area (Å²) < 4.78 is 0. The van der Waals surface area contributed by atoms with Crippen LogP contribution in [-0.4, -0.2) is 28.0 Å². The molecule has 0 amide bonds. The number of benzene rings is 9. The highest BCUT2D eigenvalue weighted by Crippen LogP contribution is 2.37. The quantitative estimate of drug-likeness (QED) is 0.118. The molecule has 4 nitrogen and oxygen atoms in total. The number of nitrogens with zero attached hydrogens (tertiary/aromatic N) is 4. The molecule has 65 heavy (non-hydrogen) atoms. The molecule has 0 N–H and O–H groups in total. The maximum Gasteiger partial charge on any atom is 0.160 e. The molecule has 9 aromatic carbocycles. The normalized spacial score (nSPS) is 12.6. The van der Waals surface area contributed by atoms with E-state index in [-0.39, 0.29) is 0 Å². The van der Waals surface area contributed by atoms with Crippen molar-refractivity contribution in [3.63, 3.8) is 0 Å². The second kappa shape index (κ2) is 15.6. The van der Waals surface area contributed by atoms with Gasteiger partial charge in [-0.2, -0.15) is 0 Å². The van der Waals surface area contributed by atoms with E-state index in [1.807, 2.05) is 6.07 Å². The summed E-state index contributed by atoms with van der Waals surface area (Å²) in [5.41, 5.74) is 16.2. The topological polar surface area (TPSA) is 51.6 Å². The van der Waals surface area contributed by atoms with Crippen molar-refractivity contribution in [1.82, 2.24) is 19.9 Å². The predicted molar refractivity (Wildman–Crippen MR) is 273 cm³/mol. The summed E-state index contributed by atoms with van der Waals surface area (Å²) in [7, 11) is -2.04. The lowest BCUT2D eigenvalue weighted by molar-refractivity contribution is 1.20. The van der Waals surface area contributed by atoms with Gasteiger partial charge in [0.05, 0.1) is 22.6 Å². The van der Waals surface area contributed by atoms with Crippen molar-refractivity contribution in [3.8, 4) is 89.9 Å². The van der Waals surface area contributed by atoms with Gasteiger partial charge in [0.1, 0.15) is 8.07 Å². The summed E-state index contributed by atoms with van der Waals surface area (Å²) in [6.07, 6.45) is 0. The summed E-state index contributed by atoms with van der Waals surface area (Å²) in [6, 6.07) is 77.6. The molecule has 306 valence electrons. The SMILES string of the molecule is C[Si]1(C)c2ccccc2-c2nc(-c3cccc(-c4cccc(-c5cccc(-c6cccc(-c7nc(-c8ccccc8)c8ccc9ccccc9c8n7)c6)c5)c4)c3)nc(-c3ccccc3)c21. The summed E-state index contributed by atoms with van der Waals surface area (Å²) in [6.45, 7) is 4.86. The zero-order chi connectivity index (χ0) is 43.5. The van der Waals surface area contributed by atoms with Crippen molar-refractivity contribution in [2.45, 2.75) is 13.1 Å². The van der Waals surface area contributed by atoms with Crippen LogP contribution in [0.3, 0.4) is 0 Å². The third kappa shape index (κ3) is 6.76. The Morgan fingerprint density at radius 3 is 1.34 bits per heavy atom. The average molecular weight is 847 g/mol. The van der Waals surface area contributed by atoms with Gasteiger partial charge in [0.15, 0.2) is 11.6 Å². The molecule has 0 unspecified atom stereocenters. The summed E-state index contributed by atoms with van der Waals surface area (Å²) in [5, 5.41) is 6.06. The zero-order valence-corrected chi connectivity index (χ0v) is 37.1. The number of rotatable bonds is 7. The third-order valence-electron chi connectivity index (χ3n) is 13.0. The Balaban J connectivity index is 0.899. The molecule has 0 saturated heterocycles. The molecule has 0 aliphatic carbocycles. The van der Waals surface area contributed by atoms with Crippen LogP contribution in [0, 0.1) is 0 Å². The van der Waals surface area contributed by atoms with Crippen LogP contribution in [0.15, 0.2) is 218 Å². The van der Waals surface area contributed by atoms with Crippen LogP contribution >= 0.6 is 0 Å². The fourth-order valence-corrected chi connectivity index (χ4v) is 13.0. The minimum Gasteiger partial charge on any atom is -0.228 e. The Morgan fingerprint density at radius 1 is 0.308 bits per heavy atom. The van der Waals surface area contributed by atoms with E-state index in [9.17, 15) is 0 Å². The van der Waals surface area contributed by atoms with E-state index in [0.717, 1.165) is 100 Å². The molecule has 3 heterocycles. The lowest BCUT2D eigenvalue weighted by Crippen LogP contribution is -2.50. The summed E-state index contributed by atoms with van der Waals surface area (Å²) in [5.74, 6) is 1.45. The van der Waals surface area contributed by atoms with Crippen LogP contribution in [-0.2, 0) is 0 Å². The average Bonchev–Trinajstić information content (AvgIpc) is 3.61. The molecule has 11 aromatic rings. The van der Waals surface area contributed by atoms with E-state index in [1.165, 1.54) is 15.9 Å². The molecular formula is C60H42N4Si. The van der Waals surface area contributed by atoms with Gasteiger partial charge in [-0.05, 0) is 85.0 Å². The highest BCUT2D eigenvalue weighted by Gasteiger charge is 2.41. The molecule has 0 spiro atoms. The maximum absolute atomic E-state index is 5.39. The largest absolute Gasteiger partial charge is 0.228 e. The van der Waals surface area contributed by atoms with Crippen molar-refractivity contribution in [2.75, 3.05) is 0 Å². The first-order valence-corrected chi connectivity index (χ1v) is 25.2. The molecule has 0 saturated carbocycles. The number of hydrogen-bond donors (Lipinski definition) is 0. The number of aromatic nitrogens is 4. The second-order valence-corrected chi connectivity index (χ2v) is 21.7. The van der Waals surface area contributed by atoms with Gasteiger partial charge >= 0.3 is 0 Å². The van der Waals surface area contributed by atoms with Gasteiger partial charge < -0.3 is 0 Å². The monoisotopic (exact) mass is 846 g/mol. The fraction of sp³-hybridized carbons (Fsp3) is 0.0333. The zero-order valence-electron chi connectivity index (χ0n) is 36.1. The van der Waals surface area contributed by atoms with Crippen LogP contribution in [0.1, 0.15) is 0 Å². The number of fused-ring (bicyclic) bond motifs is 6. The highest BCUT2D eigenvalue weighted by atomic mass is 28.3. The van der Waals surface area contributed by atoms with Crippen LogP contribution in [0.5, 0.6) is 0 Å². The van der Waals surface area contributed by atoms with Gasteiger partial charge in [-0.3, -0.25) is 0 Å². The van der Waals surface area contributed by atoms with Gasteiger partial charge in [0.2, 0.25) is 0 Å². The first-order chi connectivity index (χ1) is 32.0. The molecule has 5 heteroatoms. The summed E-state index contributed by atoms with van der Waals surface area (Å²) >= 11 is 0. The van der Waals surface area contributed by atoms with Gasteiger partial charge in [0, 0.05) is 33.0 Å². The van der Waals surface area contributed by atoms with Crippen LogP contribution in [0.2, 0.25) is 13.1 Å². The van der Waals surface area contributed by atoms with Crippen LogP contribution < -0.4 is 10.4 Å². The standard InChI is InChI=1S/C60H42N4Si/c1-65(2)53-32-12-11-31-51(53)57-58(65)55(41-20-7-4-8-21-41)62-60(64-57)49-29-16-27-47(38-49)45-25-14-23-43(36-45)42-22-13-24-44(35-42)46-26-15-28-48(37-46)59-61-54(40-18-5-3-6-19-40)52-34-33-39-17-9-10-30-50(39)56(52)63-59/h3-38H,1-2H3. The van der Waals surface area contributed by atoms with Crippen molar-refractivity contribution in [2.24, 2.45) is 0 Å². The Kier molecular flexibility index (Phi) is 9.25. The lowest BCUT2D eigenvalue weighted by Gasteiger charge is -2.21. The van der Waals surface area contributed by atoms with Gasteiger partial charge in [-0.1, -0.05) is 201 Å². The molecule has 2 aromatic heterocycles. The van der Waals surface area contributed by atoms with Crippen molar-refractivity contribution in [1.29, 1.82) is 0 Å².